The smallest absolute Gasteiger partial charge is 0.337 e. The zero-order chi connectivity index (χ0) is 13.8. The molecule has 1 aromatic heterocycles. The van der Waals surface area contributed by atoms with Gasteiger partial charge < -0.3 is 15.7 Å². The van der Waals surface area contributed by atoms with Gasteiger partial charge in [0, 0.05) is 19.3 Å². The first-order chi connectivity index (χ1) is 9.11. The number of pyridine rings is 1. The van der Waals surface area contributed by atoms with Gasteiger partial charge in [-0.1, -0.05) is 13.3 Å². The maximum Gasteiger partial charge on any atom is 0.337 e. The first-order valence-electron chi connectivity index (χ1n) is 6.85. The van der Waals surface area contributed by atoms with Crippen LogP contribution in [0.15, 0.2) is 12.3 Å². The number of rotatable bonds is 3. The summed E-state index contributed by atoms with van der Waals surface area (Å²) < 4.78 is 0. The van der Waals surface area contributed by atoms with Crippen molar-refractivity contribution in [3.63, 3.8) is 0 Å². The Balaban J connectivity index is 2.15. The van der Waals surface area contributed by atoms with Crippen molar-refractivity contribution in [3.8, 4) is 0 Å². The molecule has 104 valence electrons. The molecule has 1 atom stereocenters. The van der Waals surface area contributed by atoms with Crippen LogP contribution in [-0.4, -0.2) is 29.1 Å². The molecule has 0 amide bonds. The summed E-state index contributed by atoms with van der Waals surface area (Å²) in [5.41, 5.74) is 6.54. The zero-order valence-corrected chi connectivity index (χ0v) is 11.3. The molecular weight excluding hydrogens is 242 g/mol. The van der Waals surface area contributed by atoms with Gasteiger partial charge in [-0.2, -0.15) is 0 Å². The number of carbonyl (C=O) groups is 1. The van der Waals surface area contributed by atoms with Crippen LogP contribution in [0.5, 0.6) is 0 Å². The van der Waals surface area contributed by atoms with Crippen LogP contribution in [0.2, 0.25) is 0 Å². The molecule has 1 aromatic rings. The van der Waals surface area contributed by atoms with Gasteiger partial charge in [0.15, 0.2) is 5.82 Å². The van der Waals surface area contributed by atoms with Crippen molar-refractivity contribution in [1.82, 2.24) is 4.98 Å². The van der Waals surface area contributed by atoms with Gasteiger partial charge in [0.25, 0.3) is 0 Å². The van der Waals surface area contributed by atoms with Gasteiger partial charge in [-0.15, -0.1) is 0 Å². The molecule has 0 radical (unpaired) electrons. The summed E-state index contributed by atoms with van der Waals surface area (Å²) >= 11 is 0. The SMILES string of the molecule is CCC1CCCN(c2ncc(C(=O)O)cc2N)CC1. The summed E-state index contributed by atoms with van der Waals surface area (Å²) in [5.74, 6) is 0.513. The number of nitrogens with two attached hydrogens (primary N) is 1. The van der Waals surface area contributed by atoms with E-state index in [9.17, 15) is 4.79 Å². The summed E-state index contributed by atoms with van der Waals surface area (Å²) in [6.45, 7) is 4.12. The Morgan fingerprint density at radius 3 is 2.95 bits per heavy atom. The summed E-state index contributed by atoms with van der Waals surface area (Å²) in [6.07, 6.45) is 6.14. The minimum absolute atomic E-state index is 0.141. The van der Waals surface area contributed by atoms with Gasteiger partial charge in [0.1, 0.15) is 0 Å². The molecule has 1 fully saturated rings. The maximum atomic E-state index is 10.9. The monoisotopic (exact) mass is 263 g/mol. The molecule has 0 aromatic carbocycles. The molecule has 1 saturated heterocycles. The highest BCUT2D eigenvalue weighted by atomic mass is 16.4. The summed E-state index contributed by atoms with van der Waals surface area (Å²) in [6, 6.07) is 1.49. The molecule has 5 heteroatoms. The van der Waals surface area contributed by atoms with Crippen molar-refractivity contribution in [1.29, 1.82) is 0 Å². The third kappa shape index (κ3) is 3.16. The Kier molecular flexibility index (Phi) is 4.24. The van der Waals surface area contributed by atoms with Gasteiger partial charge in [-0.3, -0.25) is 0 Å². The van der Waals surface area contributed by atoms with Crippen molar-refractivity contribution in [2.75, 3.05) is 23.7 Å². The van der Waals surface area contributed by atoms with Crippen molar-refractivity contribution < 1.29 is 9.90 Å². The Morgan fingerprint density at radius 1 is 1.53 bits per heavy atom. The van der Waals surface area contributed by atoms with E-state index in [0.29, 0.717) is 5.69 Å². The highest BCUT2D eigenvalue weighted by molar-refractivity contribution is 5.89. The lowest BCUT2D eigenvalue weighted by molar-refractivity contribution is 0.0696. The van der Waals surface area contributed by atoms with Crippen molar-refractivity contribution >= 4 is 17.5 Å². The van der Waals surface area contributed by atoms with Gasteiger partial charge in [-0.25, -0.2) is 9.78 Å². The fourth-order valence-corrected chi connectivity index (χ4v) is 2.64. The molecule has 5 nitrogen and oxygen atoms in total. The van der Waals surface area contributed by atoms with Crippen LogP contribution in [0.3, 0.4) is 0 Å². The number of hydrogen-bond donors (Lipinski definition) is 2. The fraction of sp³-hybridized carbons (Fsp3) is 0.571. The average Bonchev–Trinajstić information content (AvgIpc) is 2.63. The number of nitrogen functional groups attached to an aromatic ring is 1. The minimum atomic E-state index is -0.993. The van der Waals surface area contributed by atoms with Gasteiger partial charge in [0.05, 0.1) is 11.3 Å². The number of aromatic carboxylic acids is 1. The van der Waals surface area contributed by atoms with Crippen LogP contribution in [0.25, 0.3) is 0 Å². The van der Waals surface area contributed by atoms with Crippen molar-refractivity contribution in [2.45, 2.75) is 32.6 Å². The topological polar surface area (TPSA) is 79.5 Å². The molecule has 1 aliphatic heterocycles. The van der Waals surface area contributed by atoms with Gasteiger partial charge >= 0.3 is 5.97 Å². The lowest BCUT2D eigenvalue weighted by Crippen LogP contribution is -2.26. The third-order valence-corrected chi connectivity index (χ3v) is 3.87. The lowest BCUT2D eigenvalue weighted by atomic mass is 9.98. The van der Waals surface area contributed by atoms with Crippen LogP contribution in [0.4, 0.5) is 11.5 Å². The summed E-state index contributed by atoms with van der Waals surface area (Å²) in [7, 11) is 0. The van der Waals surface area contributed by atoms with E-state index in [1.807, 2.05) is 0 Å². The predicted molar refractivity (Wildman–Crippen MR) is 75.5 cm³/mol. The molecule has 0 spiro atoms. The number of carboxylic acids is 1. The lowest BCUT2D eigenvalue weighted by Gasteiger charge is -2.23. The van der Waals surface area contributed by atoms with Crippen LogP contribution in [-0.2, 0) is 0 Å². The van der Waals surface area contributed by atoms with E-state index in [4.69, 9.17) is 10.8 Å². The second kappa shape index (κ2) is 5.91. The molecule has 2 rings (SSSR count). The standard InChI is InChI=1S/C14H21N3O2/c1-2-10-4-3-6-17(7-5-10)13-12(15)8-11(9-16-13)14(18)19/h8-10H,2-7,15H2,1H3,(H,18,19). The second-order valence-corrected chi connectivity index (χ2v) is 5.13. The molecule has 0 aliphatic carbocycles. The van der Waals surface area contributed by atoms with E-state index >= 15 is 0 Å². The molecule has 19 heavy (non-hydrogen) atoms. The minimum Gasteiger partial charge on any atom is -0.478 e. The number of nitrogens with zero attached hydrogens (tertiary/aromatic N) is 2. The largest absolute Gasteiger partial charge is 0.478 e. The molecule has 0 bridgehead atoms. The molecule has 1 aliphatic rings. The predicted octanol–water partition coefficient (Wildman–Crippen LogP) is 2.38. The number of hydrogen-bond acceptors (Lipinski definition) is 4. The van der Waals surface area contributed by atoms with Crippen LogP contribution in [0, 0.1) is 5.92 Å². The Bertz CT molecular complexity index is 462. The highest BCUT2D eigenvalue weighted by Gasteiger charge is 2.19. The van der Waals surface area contributed by atoms with Crippen molar-refractivity contribution in [2.24, 2.45) is 5.92 Å². The summed E-state index contributed by atoms with van der Waals surface area (Å²) in [4.78, 5) is 17.3. The molecule has 3 N–H and O–H groups in total. The Hall–Kier alpha value is -1.78. The third-order valence-electron chi connectivity index (χ3n) is 3.87. The van der Waals surface area contributed by atoms with Crippen LogP contribution >= 0.6 is 0 Å². The normalized spacial score (nSPS) is 20.1. The first-order valence-corrected chi connectivity index (χ1v) is 6.85. The molecule has 0 saturated carbocycles. The number of anilines is 2. The van der Waals surface area contributed by atoms with E-state index in [1.54, 1.807) is 0 Å². The molecule has 1 unspecified atom stereocenters. The fourth-order valence-electron chi connectivity index (χ4n) is 2.64. The quantitative estimate of drug-likeness (QED) is 0.875. The molecular formula is C14H21N3O2. The van der Waals surface area contributed by atoms with E-state index in [0.717, 1.165) is 37.7 Å². The van der Waals surface area contributed by atoms with E-state index in [-0.39, 0.29) is 5.56 Å². The number of carboxylic acid groups (broad SMARTS) is 1. The van der Waals surface area contributed by atoms with Gasteiger partial charge in [-0.05, 0) is 31.2 Å². The highest BCUT2D eigenvalue weighted by Crippen LogP contribution is 2.27. The Morgan fingerprint density at radius 2 is 2.32 bits per heavy atom. The molecule has 2 heterocycles. The van der Waals surface area contributed by atoms with Crippen LogP contribution < -0.4 is 10.6 Å². The van der Waals surface area contributed by atoms with E-state index in [1.165, 1.54) is 25.1 Å². The van der Waals surface area contributed by atoms with E-state index in [2.05, 4.69) is 16.8 Å². The average molecular weight is 263 g/mol. The first kappa shape index (κ1) is 13.6. The van der Waals surface area contributed by atoms with Crippen molar-refractivity contribution in [3.05, 3.63) is 17.8 Å². The summed E-state index contributed by atoms with van der Waals surface area (Å²) in [5, 5.41) is 8.91. The van der Waals surface area contributed by atoms with Crippen LogP contribution in [0.1, 0.15) is 43.0 Å². The zero-order valence-electron chi connectivity index (χ0n) is 11.3. The number of aromatic nitrogens is 1. The maximum absolute atomic E-state index is 10.9. The van der Waals surface area contributed by atoms with Gasteiger partial charge in [0.2, 0.25) is 0 Å². The Labute approximate surface area is 113 Å². The second-order valence-electron chi connectivity index (χ2n) is 5.13. The van der Waals surface area contributed by atoms with E-state index < -0.39 is 5.97 Å².